The molecule has 0 aromatic heterocycles. The van der Waals surface area contributed by atoms with Crippen LogP contribution in [0.4, 0.5) is 4.79 Å². The molecule has 11 heavy (non-hydrogen) atoms. The number of carbonyl (C=O) groups excluding carboxylic acids is 1. The quantitative estimate of drug-likeness (QED) is 0.590. The van der Waals surface area contributed by atoms with Crippen LogP contribution in [0.25, 0.3) is 0 Å². The van der Waals surface area contributed by atoms with E-state index in [1.807, 2.05) is 0 Å². The lowest BCUT2D eigenvalue weighted by molar-refractivity contribution is -0.129. The van der Waals surface area contributed by atoms with Gasteiger partial charge in [-0.25, -0.2) is 0 Å². The molecule has 0 aromatic carbocycles. The Balaban J connectivity index is 2.30. The summed E-state index contributed by atoms with van der Waals surface area (Å²) in [5, 5.41) is 1.78. The molecular weight excluding hydrogens is 164 g/mol. The molecule has 1 fully saturated rings. The van der Waals surface area contributed by atoms with E-state index in [-0.39, 0.29) is 5.24 Å². The van der Waals surface area contributed by atoms with Gasteiger partial charge in [0.25, 0.3) is 5.24 Å². The molecule has 0 N–H and O–H groups in total. The van der Waals surface area contributed by atoms with Crippen molar-refractivity contribution in [1.29, 1.82) is 0 Å². The Morgan fingerprint density at radius 1 is 1.82 bits per heavy atom. The predicted octanol–water partition coefficient (Wildman–Crippen LogP) is 0.606. The van der Waals surface area contributed by atoms with Crippen molar-refractivity contribution >= 4 is 17.0 Å². The van der Waals surface area contributed by atoms with Gasteiger partial charge in [-0.05, 0) is 0 Å². The van der Waals surface area contributed by atoms with E-state index in [0.717, 1.165) is 12.3 Å². The first-order valence-corrected chi connectivity index (χ1v) is 4.39. The van der Waals surface area contributed by atoms with Crippen molar-refractivity contribution < 1.29 is 9.63 Å². The monoisotopic (exact) mass is 176 g/mol. The summed E-state index contributed by atoms with van der Waals surface area (Å²) in [7, 11) is 3.39. The summed E-state index contributed by atoms with van der Waals surface area (Å²) in [6.07, 6.45) is 0. The highest BCUT2D eigenvalue weighted by Crippen LogP contribution is 2.16. The normalized spacial score (nSPS) is 18.5. The molecule has 1 aliphatic rings. The van der Waals surface area contributed by atoms with Crippen LogP contribution in [0.2, 0.25) is 0 Å². The maximum atomic E-state index is 11.0. The molecule has 1 aliphatic heterocycles. The molecule has 0 aliphatic carbocycles. The minimum absolute atomic E-state index is 0.147. The SMILES string of the molecule is CON(C)CN1CCSC1=O. The lowest BCUT2D eigenvalue weighted by Crippen LogP contribution is -2.35. The Morgan fingerprint density at radius 3 is 3.00 bits per heavy atom. The molecule has 0 radical (unpaired) electrons. The number of nitrogens with zero attached hydrogens (tertiary/aromatic N) is 2. The Kier molecular flexibility index (Phi) is 3.16. The van der Waals surface area contributed by atoms with E-state index in [2.05, 4.69) is 0 Å². The Morgan fingerprint density at radius 2 is 2.55 bits per heavy atom. The van der Waals surface area contributed by atoms with E-state index >= 15 is 0 Å². The first-order valence-electron chi connectivity index (χ1n) is 3.41. The maximum absolute atomic E-state index is 11.0. The van der Waals surface area contributed by atoms with E-state index in [9.17, 15) is 4.79 Å². The third-order valence-electron chi connectivity index (χ3n) is 1.53. The lowest BCUT2D eigenvalue weighted by atomic mass is 10.6. The second-order valence-electron chi connectivity index (χ2n) is 2.33. The van der Waals surface area contributed by atoms with Gasteiger partial charge in [-0.2, -0.15) is 5.06 Å². The highest BCUT2D eigenvalue weighted by atomic mass is 32.2. The summed E-state index contributed by atoms with van der Waals surface area (Å²) in [5.74, 6) is 0.899. The van der Waals surface area contributed by atoms with Gasteiger partial charge in [0.05, 0.1) is 13.8 Å². The van der Waals surface area contributed by atoms with Gasteiger partial charge < -0.3 is 9.74 Å². The van der Waals surface area contributed by atoms with E-state index in [1.165, 1.54) is 11.8 Å². The van der Waals surface area contributed by atoms with Crippen LogP contribution in [0.3, 0.4) is 0 Å². The van der Waals surface area contributed by atoms with Crippen molar-refractivity contribution in [3.63, 3.8) is 0 Å². The zero-order valence-electron chi connectivity index (χ0n) is 6.74. The predicted molar refractivity (Wildman–Crippen MR) is 44.2 cm³/mol. The summed E-state index contributed by atoms with van der Waals surface area (Å²) in [6.45, 7) is 1.39. The van der Waals surface area contributed by atoms with E-state index in [0.29, 0.717) is 6.67 Å². The van der Waals surface area contributed by atoms with Crippen molar-refractivity contribution in [3.8, 4) is 0 Å². The second-order valence-corrected chi connectivity index (χ2v) is 3.38. The highest BCUT2D eigenvalue weighted by Gasteiger charge is 2.21. The zero-order valence-corrected chi connectivity index (χ0v) is 7.56. The van der Waals surface area contributed by atoms with Gasteiger partial charge in [-0.15, -0.1) is 0 Å². The van der Waals surface area contributed by atoms with Gasteiger partial charge in [0.1, 0.15) is 0 Å². The highest BCUT2D eigenvalue weighted by molar-refractivity contribution is 8.13. The summed E-state index contributed by atoms with van der Waals surface area (Å²) < 4.78 is 0. The smallest absolute Gasteiger partial charge is 0.282 e. The van der Waals surface area contributed by atoms with Gasteiger partial charge in [0.15, 0.2) is 0 Å². The average Bonchev–Trinajstić information content (AvgIpc) is 2.37. The van der Waals surface area contributed by atoms with Crippen LogP contribution < -0.4 is 0 Å². The molecule has 5 heteroatoms. The number of hydrogen-bond donors (Lipinski definition) is 0. The number of thioether (sulfide) groups is 1. The maximum Gasteiger partial charge on any atom is 0.282 e. The van der Waals surface area contributed by atoms with E-state index in [1.54, 1.807) is 24.1 Å². The molecule has 0 aromatic rings. The largest absolute Gasteiger partial charge is 0.318 e. The fourth-order valence-corrected chi connectivity index (χ4v) is 1.67. The molecular formula is C6H12N2O2S. The minimum atomic E-state index is 0.147. The molecule has 64 valence electrons. The number of rotatable bonds is 3. The van der Waals surface area contributed by atoms with Gasteiger partial charge in [0, 0.05) is 19.3 Å². The first kappa shape index (κ1) is 8.83. The molecule has 1 amide bonds. The lowest BCUT2D eigenvalue weighted by Gasteiger charge is -2.20. The fourth-order valence-electron chi connectivity index (χ4n) is 0.852. The summed E-state index contributed by atoms with van der Waals surface area (Å²) in [6, 6.07) is 0. The zero-order chi connectivity index (χ0) is 8.27. The molecule has 0 unspecified atom stereocenters. The summed E-state index contributed by atoms with van der Waals surface area (Å²) >= 11 is 1.36. The van der Waals surface area contributed by atoms with Gasteiger partial charge in [-0.3, -0.25) is 4.79 Å². The van der Waals surface area contributed by atoms with Crippen LogP contribution in [0.1, 0.15) is 0 Å². The van der Waals surface area contributed by atoms with Crippen LogP contribution in [-0.4, -0.2) is 48.3 Å². The number of carbonyl (C=O) groups is 1. The molecule has 0 spiro atoms. The Bertz CT molecular complexity index is 154. The van der Waals surface area contributed by atoms with Crippen molar-refractivity contribution in [2.45, 2.75) is 0 Å². The fraction of sp³-hybridized carbons (Fsp3) is 0.833. The minimum Gasteiger partial charge on any atom is -0.318 e. The Labute approximate surface area is 70.4 Å². The standard InChI is InChI=1S/C6H12N2O2S/c1-7(10-2)5-8-3-4-11-6(8)9/h3-5H2,1-2H3. The summed E-state index contributed by atoms with van der Waals surface area (Å²) in [4.78, 5) is 17.7. The van der Waals surface area contributed by atoms with Crippen molar-refractivity contribution in [2.24, 2.45) is 0 Å². The molecule has 0 bridgehead atoms. The van der Waals surface area contributed by atoms with Gasteiger partial charge >= 0.3 is 0 Å². The number of hydroxylamine groups is 2. The molecule has 1 saturated heterocycles. The summed E-state index contributed by atoms with van der Waals surface area (Å²) in [5.41, 5.74) is 0. The third kappa shape index (κ3) is 2.36. The molecule has 4 nitrogen and oxygen atoms in total. The Hall–Kier alpha value is -0.260. The average molecular weight is 176 g/mol. The molecule has 0 atom stereocenters. The topological polar surface area (TPSA) is 32.8 Å². The molecule has 1 heterocycles. The van der Waals surface area contributed by atoms with Crippen molar-refractivity contribution in [2.75, 3.05) is 33.1 Å². The number of amides is 1. The van der Waals surface area contributed by atoms with E-state index in [4.69, 9.17) is 4.84 Å². The van der Waals surface area contributed by atoms with Crippen LogP contribution >= 0.6 is 11.8 Å². The van der Waals surface area contributed by atoms with Crippen molar-refractivity contribution in [3.05, 3.63) is 0 Å². The van der Waals surface area contributed by atoms with Crippen LogP contribution in [0, 0.1) is 0 Å². The first-order chi connectivity index (χ1) is 5.24. The van der Waals surface area contributed by atoms with Gasteiger partial charge in [0.2, 0.25) is 0 Å². The second kappa shape index (κ2) is 3.94. The van der Waals surface area contributed by atoms with Crippen LogP contribution in [-0.2, 0) is 4.84 Å². The molecule has 0 saturated carbocycles. The van der Waals surface area contributed by atoms with Crippen molar-refractivity contribution in [1.82, 2.24) is 9.96 Å². The van der Waals surface area contributed by atoms with E-state index < -0.39 is 0 Å². The van der Waals surface area contributed by atoms with Crippen LogP contribution in [0.15, 0.2) is 0 Å². The van der Waals surface area contributed by atoms with Crippen LogP contribution in [0.5, 0.6) is 0 Å². The third-order valence-corrected chi connectivity index (χ3v) is 2.42. The number of hydrogen-bond acceptors (Lipinski definition) is 4. The molecule has 1 rings (SSSR count). The van der Waals surface area contributed by atoms with Gasteiger partial charge in [-0.1, -0.05) is 11.8 Å².